The van der Waals surface area contributed by atoms with Gasteiger partial charge in [-0.05, 0) is 37.9 Å². The van der Waals surface area contributed by atoms with E-state index in [1.807, 2.05) is 49.7 Å². The molecule has 0 aliphatic rings. The number of thiophene rings is 1. The van der Waals surface area contributed by atoms with Crippen LogP contribution in [0.4, 0.5) is 0 Å². The average molecular weight is 302 g/mol. The van der Waals surface area contributed by atoms with Gasteiger partial charge in [-0.15, -0.1) is 11.3 Å². The lowest BCUT2D eigenvalue weighted by atomic mass is 10.1. The molecule has 0 radical (unpaired) electrons. The van der Waals surface area contributed by atoms with Gasteiger partial charge in [-0.1, -0.05) is 36.4 Å². The first-order chi connectivity index (χ1) is 10.1. The summed E-state index contributed by atoms with van der Waals surface area (Å²) >= 11 is 1.67. The van der Waals surface area contributed by atoms with Crippen LogP contribution < -0.4 is 5.32 Å². The molecule has 0 aliphatic carbocycles. The Balaban J connectivity index is 1.87. The number of hydrogen-bond acceptors (Lipinski definition) is 3. The Labute approximate surface area is 130 Å². The van der Waals surface area contributed by atoms with Crippen LogP contribution in [0, 0.1) is 0 Å². The summed E-state index contributed by atoms with van der Waals surface area (Å²) < 4.78 is 0. The van der Waals surface area contributed by atoms with Gasteiger partial charge < -0.3 is 5.32 Å². The Bertz CT molecular complexity index is 553. The highest BCUT2D eigenvalue weighted by Crippen LogP contribution is 2.19. The third-order valence-electron chi connectivity index (χ3n) is 3.68. The van der Waals surface area contributed by atoms with Gasteiger partial charge in [0, 0.05) is 10.9 Å². The fraction of sp³-hybridized carbons (Fsp3) is 0.353. The molecule has 2 rings (SSSR count). The van der Waals surface area contributed by atoms with E-state index in [1.165, 1.54) is 10.4 Å². The van der Waals surface area contributed by atoms with Gasteiger partial charge in [-0.3, -0.25) is 9.69 Å². The number of nitrogens with one attached hydrogen (secondary N) is 1. The SMILES string of the molecule is CC(NC(=O)CN(C)C(C)c1ccccc1)c1cccs1. The molecular formula is C17H22N2OS. The maximum absolute atomic E-state index is 12.1. The van der Waals surface area contributed by atoms with Gasteiger partial charge in [0.05, 0.1) is 12.6 Å². The summed E-state index contributed by atoms with van der Waals surface area (Å²) in [6.45, 7) is 4.53. The van der Waals surface area contributed by atoms with Crippen molar-refractivity contribution >= 4 is 17.2 Å². The molecule has 1 aromatic heterocycles. The van der Waals surface area contributed by atoms with Crippen molar-refractivity contribution in [3.63, 3.8) is 0 Å². The molecule has 1 amide bonds. The highest BCUT2D eigenvalue weighted by atomic mass is 32.1. The lowest BCUT2D eigenvalue weighted by Crippen LogP contribution is -2.37. The summed E-state index contributed by atoms with van der Waals surface area (Å²) in [4.78, 5) is 15.4. The molecule has 1 heterocycles. The predicted molar refractivity (Wildman–Crippen MR) is 88.4 cm³/mol. The minimum Gasteiger partial charge on any atom is -0.348 e. The van der Waals surface area contributed by atoms with Crippen LogP contribution in [0.25, 0.3) is 0 Å². The second kappa shape index (κ2) is 7.38. The maximum atomic E-state index is 12.1. The smallest absolute Gasteiger partial charge is 0.234 e. The van der Waals surface area contributed by atoms with Crippen molar-refractivity contribution < 1.29 is 4.79 Å². The molecule has 0 bridgehead atoms. The molecule has 0 aliphatic heterocycles. The first-order valence-corrected chi connectivity index (χ1v) is 8.04. The molecule has 112 valence electrons. The fourth-order valence-electron chi connectivity index (χ4n) is 2.25. The van der Waals surface area contributed by atoms with Gasteiger partial charge in [0.1, 0.15) is 0 Å². The standard InChI is InChI=1S/C17H22N2OS/c1-13(16-10-7-11-21-16)18-17(20)12-19(3)14(2)15-8-5-4-6-9-15/h4-11,13-14H,12H2,1-3H3,(H,18,20). The molecule has 21 heavy (non-hydrogen) atoms. The number of carbonyl (C=O) groups excluding carboxylic acids is 1. The number of amides is 1. The molecule has 1 aromatic carbocycles. The Morgan fingerprint density at radius 2 is 1.90 bits per heavy atom. The van der Waals surface area contributed by atoms with Crippen molar-refractivity contribution in [2.24, 2.45) is 0 Å². The minimum atomic E-state index is 0.0566. The Morgan fingerprint density at radius 3 is 2.52 bits per heavy atom. The Hall–Kier alpha value is -1.65. The van der Waals surface area contributed by atoms with Gasteiger partial charge in [-0.25, -0.2) is 0 Å². The van der Waals surface area contributed by atoms with E-state index < -0.39 is 0 Å². The number of nitrogens with zero attached hydrogens (tertiary/aromatic N) is 1. The molecule has 2 aromatic rings. The number of carbonyl (C=O) groups is 1. The average Bonchev–Trinajstić information content (AvgIpc) is 3.01. The highest BCUT2D eigenvalue weighted by Gasteiger charge is 2.16. The van der Waals surface area contributed by atoms with Gasteiger partial charge in [0.25, 0.3) is 0 Å². The summed E-state index contributed by atoms with van der Waals surface area (Å²) in [6.07, 6.45) is 0. The lowest BCUT2D eigenvalue weighted by molar-refractivity contribution is -0.123. The first kappa shape index (κ1) is 15.7. The third kappa shape index (κ3) is 4.41. The Kier molecular flexibility index (Phi) is 5.53. The van der Waals surface area contributed by atoms with Crippen LogP contribution in [0.5, 0.6) is 0 Å². The number of hydrogen-bond donors (Lipinski definition) is 1. The molecule has 0 spiro atoms. The van der Waals surface area contributed by atoms with E-state index >= 15 is 0 Å². The molecule has 4 heteroatoms. The summed E-state index contributed by atoms with van der Waals surface area (Å²) in [7, 11) is 1.98. The van der Waals surface area contributed by atoms with Gasteiger partial charge >= 0.3 is 0 Å². The number of rotatable bonds is 6. The van der Waals surface area contributed by atoms with Crippen molar-refractivity contribution in [1.29, 1.82) is 0 Å². The maximum Gasteiger partial charge on any atom is 0.234 e. The van der Waals surface area contributed by atoms with E-state index in [1.54, 1.807) is 11.3 Å². The van der Waals surface area contributed by atoms with Crippen molar-refractivity contribution in [3.05, 3.63) is 58.3 Å². The first-order valence-electron chi connectivity index (χ1n) is 7.16. The van der Waals surface area contributed by atoms with E-state index in [4.69, 9.17) is 0 Å². The summed E-state index contributed by atoms with van der Waals surface area (Å²) in [5.41, 5.74) is 1.22. The monoisotopic (exact) mass is 302 g/mol. The molecule has 3 nitrogen and oxygen atoms in total. The number of likely N-dealkylation sites (N-methyl/N-ethyl adjacent to an activating group) is 1. The van der Waals surface area contributed by atoms with Crippen LogP contribution in [-0.4, -0.2) is 24.4 Å². The minimum absolute atomic E-state index is 0.0566. The van der Waals surface area contributed by atoms with Crippen LogP contribution >= 0.6 is 11.3 Å². The molecular weight excluding hydrogens is 280 g/mol. The van der Waals surface area contributed by atoms with Crippen LogP contribution in [0.1, 0.15) is 36.4 Å². The van der Waals surface area contributed by atoms with Crippen molar-refractivity contribution in [2.75, 3.05) is 13.6 Å². The predicted octanol–water partition coefficient (Wildman–Crippen LogP) is 3.62. The second-order valence-electron chi connectivity index (χ2n) is 5.31. The van der Waals surface area contributed by atoms with Crippen LogP contribution in [-0.2, 0) is 4.79 Å². The van der Waals surface area contributed by atoms with Crippen molar-refractivity contribution in [3.8, 4) is 0 Å². The molecule has 0 saturated heterocycles. The molecule has 0 saturated carbocycles. The molecule has 2 atom stereocenters. The Morgan fingerprint density at radius 1 is 1.19 bits per heavy atom. The molecule has 1 N–H and O–H groups in total. The van der Waals surface area contributed by atoms with E-state index in [-0.39, 0.29) is 18.0 Å². The highest BCUT2D eigenvalue weighted by molar-refractivity contribution is 7.10. The van der Waals surface area contributed by atoms with Crippen LogP contribution in [0.2, 0.25) is 0 Å². The van der Waals surface area contributed by atoms with Crippen LogP contribution in [0.15, 0.2) is 47.8 Å². The van der Waals surface area contributed by atoms with Gasteiger partial charge in [0.15, 0.2) is 0 Å². The van der Waals surface area contributed by atoms with Crippen molar-refractivity contribution in [1.82, 2.24) is 10.2 Å². The summed E-state index contributed by atoms with van der Waals surface area (Å²) in [6, 6.07) is 14.6. The third-order valence-corrected chi connectivity index (χ3v) is 4.74. The quantitative estimate of drug-likeness (QED) is 0.884. The normalized spacial score (nSPS) is 13.9. The lowest BCUT2D eigenvalue weighted by Gasteiger charge is -2.25. The van der Waals surface area contributed by atoms with E-state index in [0.717, 1.165) is 0 Å². The molecule has 2 unspecified atom stereocenters. The fourth-order valence-corrected chi connectivity index (χ4v) is 2.98. The largest absolute Gasteiger partial charge is 0.348 e. The van der Waals surface area contributed by atoms with Gasteiger partial charge in [0.2, 0.25) is 5.91 Å². The van der Waals surface area contributed by atoms with E-state index in [9.17, 15) is 4.79 Å². The molecule has 0 fully saturated rings. The van der Waals surface area contributed by atoms with Crippen molar-refractivity contribution in [2.45, 2.75) is 25.9 Å². The van der Waals surface area contributed by atoms with Gasteiger partial charge in [-0.2, -0.15) is 0 Å². The van der Waals surface area contributed by atoms with E-state index in [2.05, 4.69) is 29.3 Å². The second-order valence-corrected chi connectivity index (χ2v) is 6.29. The zero-order valence-electron chi connectivity index (χ0n) is 12.7. The zero-order valence-corrected chi connectivity index (χ0v) is 13.6. The van der Waals surface area contributed by atoms with E-state index in [0.29, 0.717) is 6.54 Å². The topological polar surface area (TPSA) is 32.3 Å². The zero-order chi connectivity index (χ0) is 15.2. The summed E-state index contributed by atoms with van der Waals surface area (Å²) in [5.74, 6) is 0.0566. The van der Waals surface area contributed by atoms with Crippen LogP contribution in [0.3, 0.4) is 0 Å². The number of benzene rings is 1. The summed E-state index contributed by atoms with van der Waals surface area (Å²) in [5, 5.41) is 5.08.